The maximum Gasteiger partial charge on any atom is 0.309 e. The van der Waals surface area contributed by atoms with Crippen molar-refractivity contribution in [2.75, 3.05) is 0 Å². The van der Waals surface area contributed by atoms with Gasteiger partial charge in [0, 0.05) is 24.2 Å². The summed E-state index contributed by atoms with van der Waals surface area (Å²) in [7, 11) is 0. The van der Waals surface area contributed by atoms with Crippen molar-refractivity contribution in [3.8, 4) is 22.9 Å². The first kappa shape index (κ1) is 32.2. The lowest BCUT2D eigenvalue weighted by Gasteiger charge is -2.22. The number of phenols is 2. The van der Waals surface area contributed by atoms with Gasteiger partial charge < -0.3 is 20.8 Å². The Kier molecular flexibility index (Phi) is 8.11. The highest BCUT2D eigenvalue weighted by atomic mass is 16.3. The molecular weight excluding hydrogens is 608 g/mol. The van der Waals surface area contributed by atoms with Gasteiger partial charge in [0.25, 0.3) is 0 Å². The maximum absolute atomic E-state index is 13.0. The highest BCUT2D eigenvalue weighted by molar-refractivity contribution is 6.35. The molecule has 0 aliphatic rings. The van der Waals surface area contributed by atoms with E-state index in [9.17, 15) is 19.8 Å². The molecule has 0 aliphatic heterocycles. The van der Waals surface area contributed by atoms with E-state index in [2.05, 4.69) is 31.0 Å². The molecule has 0 radical (unpaired) electrons. The Morgan fingerprint density at radius 2 is 0.896 bits per heavy atom. The van der Waals surface area contributed by atoms with Gasteiger partial charge in [0.15, 0.2) is 0 Å². The number of hydrogen-bond acceptors (Lipinski definition) is 8. The minimum atomic E-state index is -0.897. The Morgan fingerprint density at radius 3 is 1.19 bits per heavy atom. The minimum Gasteiger partial charge on any atom is -0.505 e. The summed E-state index contributed by atoms with van der Waals surface area (Å²) in [6, 6.07) is 22.0. The number of carbonyl (C=O) groups is 2. The molecule has 0 fully saturated rings. The number of amides is 2. The highest BCUT2D eigenvalue weighted by Gasteiger charge is 2.24. The molecule has 0 unspecified atom stereocenters. The predicted octanol–water partition coefficient (Wildman–Crippen LogP) is 5.09. The molecule has 0 spiro atoms. The van der Waals surface area contributed by atoms with Crippen molar-refractivity contribution in [1.82, 2.24) is 40.6 Å². The average molecular weight is 647 g/mol. The molecule has 4 aromatic carbocycles. The Morgan fingerprint density at radius 1 is 0.583 bits per heavy atom. The summed E-state index contributed by atoms with van der Waals surface area (Å²) >= 11 is 0. The molecule has 2 amide bonds. The molecule has 12 nitrogen and oxygen atoms in total. The lowest BCUT2D eigenvalue weighted by Crippen LogP contribution is -2.39. The van der Waals surface area contributed by atoms with E-state index in [1.165, 1.54) is 9.59 Å². The van der Waals surface area contributed by atoms with E-state index in [1.807, 2.05) is 102 Å². The normalized spacial score (nSPS) is 12.0. The van der Waals surface area contributed by atoms with Crippen molar-refractivity contribution < 1.29 is 19.8 Å². The van der Waals surface area contributed by atoms with Gasteiger partial charge in [-0.25, -0.2) is 0 Å². The lowest BCUT2D eigenvalue weighted by molar-refractivity contribution is -0.139. The predicted molar refractivity (Wildman–Crippen MR) is 182 cm³/mol. The second-order valence-corrected chi connectivity index (χ2v) is 13.8. The van der Waals surface area contributed by atoms with Crippen LogP contribution in [0.15, 0.2) is 72.8 Å². The van der Waals surface area contributed by atoms with E-state index < -0.39 is 11.8 Å². The number of carbonyl (C=O) groups excluding carboxylic acids is 2. The number of hydrogen-bond donors (Lipinski definition) is 4. The molecule has 246 valence electrons. The molecular formula is C36H38N8O4. The summed E-state index contributed by atoms with van der Waals surface area (Å²) in [5, 5.41) is 45.8. The largest absolute Gasteiger partial charge is 0.505 e. The van der Waals surface area contributed by atoms with Crippen LogP contribution in [0.3, 0.4) is 0 Å². The summed E-state index contributed by atoms with van der Waals surface area (Å²) in [4.78, 5) is 28.7. The molecule has 6 rings (SSSR count). The number of rotatable bonds is 6. The first-order chi connectivity index (χ1) is 22.7. The second-order valence-electron chi connectivity index (χ2n) is 13.8. The monoisotopic (exact) mass is 646 g/mol. The number of benzene rings is 4. The summed E-state index contributed by atoms with van der Waals surface area (Å²) in [5.41, 5.74) is 5.38. The fourth-order valence-corrected chi connectivity index (χ4v) is 5.24. The number of phenolic OH excluding ortho intramolecular Hbond substituents is 2. The lowest BCUT2D eigenvalue weighted by atomic mass is 9.85. The van der Waals surface area contributed by atoms with E-state index in [0.29, 0.717) is 44.6 Å². The van der Waals surface area contributed by atoms with Crippen LogP contribution in [-0.4, -0.2) is 52.0 Å². The van der Waals surface area contributed by atoms with Crippen molar-refractivity contribution in [2.45, 2.75) is 65.5 Å². The highest BCUT2D eigenvalue weighted by Crippen LogP contribution is 2.35. The number of aromatic nitrogens is 6. The summed E-state index contributed by atoms with van der Waals surface area (Å²) in [6.45, 7) is 12.0. The van der Waals surface area contributed by atoms with E-state index in [4.69, 9.17) is 0 Å². The quantitative estimate of drug-likeness (QED) is 0.182. The van der Waals surface area contributed by atoms with Crippen LogP contribution < -0.4 is 10.6 Å². The summed E-state index contributed by atoms with van der Waals surface area (Å²) in [5.74, 6) is -2.01. The molecule has 0 saturated heterocycles. The van der Waals surface area contributed by atoms with Crippen LogP contribution in [0.1, 0.15) is 63.8 Å². The zero-order chi connectivity index (χ0) is 34.4. The first-order valence-corrected chi connectivity index (χ1v) is 15.6. The SMILES string of the molecule is CC(C)(C)c1cc(CNC(=O)C(=O)NCc2cc(C(C)(C)C)cc(-n3nc4ccccc4n3)c2O)c(O)c(-n2nc3ccccc3n2)c1. The molecule has 12 heteroatoms. The Labute approximate surface area is 277 Å². The number of fused-ring (bicyclic) bond motifs is 2. The Hall–Kier alpha value is -5.78. The third-order valence-electron chi connectivity index (χ3n) is 8.16. The van der Waals surface area contributed by atoms with Crippen LogP contribution in [0.4, 0.5) is 0 Å². The zero-order valence-electron chi connectivity index (χ0n) is 27.7. The topological polar surface area (TPSA) is 160 Å². The van der Waals surface area contributed by atoms with Gasteiger partial charge in [-0.3, -0.25) is 9.59 Å². The molecule has 0 bridgehead atoms. The van der Waals surface area contributed by atoms with Gasteiger partial charge in [-0.2, -0.15) is 0 Å². The van der Waals surface area contributed by atoms with Crippen LogP contribution in [0.5, 0.6) is 11.5 Å². The van der Waals surface area contributed by atoms with Crippen molar-refractivity contribution in [3.63, 3.8) is 0 Å². The molecule has 48 heavy (non-hydrogen) atoms. The van der Waals surface area contributed by atoms with Crippen LogP contribution >= 0.6 is 0 Å². The van der Waals surface area contributed by atoms with Crippen molar-refractivity contribution in [3.05, 3.63) is 95.1 Å². The molecule has 0 aliphatic carbocycles. The molecule has 4 N–H and O–H groups in total. The summed E-state index contributed by atoms with van der Waals surface area (Å²) < 4.78 is 0. The Bertz CT molecular complexity index is 1970. The van der Waals surface area contributed by atoms with Gasteiger partial charge in [0.2, 0.25) is 0 Å². The van der Waals surface area contributed by atoms with Crippen molar-refractivity contribution in [2.24, 2.45) is 0 Å². The Balaban J connectivity index is 1.21. The average Bonchev–Trinajstić information content (AvgIpc) is 3.67. The first-order valence-electron chi connectivity index (χ1n) is 15.6. The molecule has 0 saturated carbocycles. The van der Waals surface area contributed by atoms with Crippen LogP contribution in [0.2, 0.25) is 0 Å². The van der Waals surface area contributed by atoms with Gasteiger partial charge in [0.05, 0.1) is 0 Å². The van der Waals surface area contributed by atoms with Gasteiger partial charge in [0.1, 0.15) is 44.9 Å². The molecule has 6 aromatic rings. The number of aromatic hydroxyl groups is 2. The minimum absolute atomic E-state index is 0.111. The van der Waals surface area contributed by atoms with Crippen LogP contribution in [0, 0.1) is 0 Å². The fourth-order valence-electron chi connectivity index (χ4n) is 5.24. The summed E-state index contributed by atoms with van der Waals surface area (Å²) in [6.07, 6.45) is 0. The standard InChI is InChI=1S/C36H38N8O4/c1-35(2,3)23-15-21(31(45)29(17-23)43-39-25-11-7-8-12-26(25)40-43)19-37-33(47)34(48)38-20-22-16-24(36(4,5)6)18-30(32(22)46)44-41-27-13-9-10-14-28(27)42-44/h7-18,45-46H,19-20H2,1-6H3,(H,37,47)(H,38,48). The van der Waals surface area contributed by atoms with Crippen molar-refractivity contribution in [1.29, 1.82) is 0 Å². The third-order valence-corrected chi connectivity index (χ3v) is 8.16. The fraction of sp³-hybridized carbons (Fsp3) is 0.278. The molecule has 0 atom stereocenters. The van der Waals surface area contributed by atoms with Gasteiger partial charge in [-0.1, -0.05) is 65.8 Å². The van der Waals surface area contributed by atoms with E-state index in [0.717, 1.165) is 11.1 Å². The van der Waals surface area contributed by atoms with Gasteiger partial charge >= 0.3 is 11.8 Å². The number of nitrogens with one attached hydrogen (secondary N) is 2. The third kappa shape index (κ3) is 6.41. The zero-order valence-corrected chi connectivity index (χ0v) is 27.7. The van der Waals surface area contributed by atoms with E-state index in [1.54, 1.807) is 12.1 Å². The number of nitrogens with zero attached hydrogens (tertiary/aromatic N) is 6. The van der Waals surface area contributed by atoms with Crippen molar-refractivity contribution >= 4 is 33.9 Å². The van der Waals surface area contributed by atoms with E-state index >= 15 is 0 Å². The smallest absolute Gasteiger partial charge is 0.309 e. The van der Waals surface area contributed by atoms with E-state index in [-0.39, 0.29) is 35.4 Å². The molecule has 2 heterocycles. The molecule has 2 aromatic heterocycles. The van der Waals surface area contributed by atoms with Gasteiger partial charge in [-0.15, -0.1) is 30.0 Å². The second kappa shape index (κ2) is 12.1. The van der Waals surface area contributed by atoms with Crippen LogP contribution in [-0.2, 0) is 33.5 Å². The maximum atomic E-state index is 13.0. The van der Waals surface area contributed by atoms with Crippen LogP contribution in [0.25, 0.3) is 33.4 Å². The van der Waals surface area contributed by atoms with Gasteiger partial charge in [-0.05, 0) is 70.5 Å².